The van der Waals surface area contributed by atoms with Gasteiger partial charge in [0, 0.05) is 26.6 Å². The van der Waals surface area contributed by atoms with Crippen molar-refractivity contribution in [3.63, 3.8) is 0 Å². The number of oxime groups is 1. The predicted molar refractivity (Wildman–Crippen MR) is 68.4 cm³/mol. The number of nitrogens with two attached hydrogens (primary N) is 1. The van der Waals surface area contributed by atoms with Gasteiger partial charge in [-0.05, 0) is 19.3 Å². The lowest BCUT2D eigenvalue weighted by molar-refractivity contribution is -0.143. The zero-order valence-corrected chi connectivity index (χ0v) is 11.3. The van der Waals surface area contributed by atoms with Crippen molar-refractivity contribution in [2.24, 2.45) is 16.8 Å². The minimum absolute atomic E-state index is 0.0362. The van der Waals surface area contributed by atoms with E-state index in [2.05, 4.69) is 5.16 Å². The molecule has 0 heterocycles. The zero-order valence-electron chi connectivity index (χ0n) is 11.3. The third-order valence-electron chi connectivity index (χ3n) is 3.77. The molecule has 0 bridgehead atoms. The van der Waals surface area contributed by atoms with E-state index in [1.807, 2.05) is 6.92 Å². The van der Waals surface area contributed by atoms with E-state index in [4.69, 9.17) is 15.7 Å². The summed E-state index contributed by atoms with van der Waals surface area (Å²) in [4.78, 5) is 13.7. The van der Waals surface area contributed by atoms with Gasteiger partial charge in [-0.2, -0.15) is 0 Å². The molecule has 0 aromatic carbocycles. The second-order valence-corrected chi connectivity index (χ2v) is 5.12. The Morgan fingerprint density at radius 2 is 2.22 bits per heavy atom. The number of ether oxygens (including phenoxy) is 1. The molecule has 18 heavy (non-hydrogen) atoms. The molecule has 1 saturated carbocycles. The smallest absolute Gasteiger partial charge is 0.225 e. The number of hydrogen-bond acceptors (Lipinski definition) is 4. The van der Waals surface area contributed by atoms with Crippen LogP contribution in [0.25, 0.3) is 0 Å². The molecule has 1 aliphatic rings. The van der Waals surface area contributed by atoms with Crippen LogP contribution in [0.1, 0.15) is 32.6 Å². The van der Waals surface area contributed by atoms with E-state index in [0.29, 0.717) is 13.0 Å². The Hall–Kier alpha value is -1.30. The molecule has 1 fully saturated rings. The van der Waals surface area contributed by atoms with Crippen LogP contribution in [-0.4, -0.2) is 48.2 Å². The summed E-state index contributed by atoms with van der Waals surface area (Å²) in [5.74, 6) is 0.0118. The van der Waals surface area contributed by atoms with Crippen LogP contribution in [-0.2, 0) is 9.53 Å². The molecule has 1 unspecified atom stereocenters. The SMILES string of the molecule is COC1(CC(=O)N(C)CC(C)C(N)=NO)CCC1. The fraction of sp³-hybridized carbons (Fsp3) is 0.833. The molecule has 104 valence electrons. The van der Waals surface area contributed by atoms with E-state index in [1.54, 1.807) is 19.1 Å². The summed E-state index contributed by atoms with van der Waals surface area (Å²) in [7, 11) is 3.39. The fourth-order valence-electron chi connectivity index (χ4n) is 2.14. The Kier molecular flexibility index (Phi) is 4.95. The molecule has 6 nitrogen and oxygen atoms in total. The quantitative estimate of drug-likeness (QED) is 0.318. The van der Waals surface area contributed by atoms with E-state index in [9.17, 15) is 4.79 Å². The number of methoxy groups -OCH3 is 1. The van der Waals surface area contributed by atoms with Gasteiger partial charge < -0.3 is 20.6 Å². The lowest BCUT2D eigenvalue weighted by Gasteiger charge is -2.40. The van der Waals surface area contributed by atoms with Crippen molar-refractivity contribution in [2.45, 2.75) is 38.2 Å². The second-order valence-electron chi connectivity index (χ2n) is 5.12. The van der Waals surface area contributed by atoms with Crippen LogP contribution in [0.15, 0.2) is 5.16 Å². The molecular weight excluding hydrogens is 234 g/mol. The number of amidine groups is 1. The van der Waals surface area contributed by atoms with Crippen LogP contribution in [0.5, 0.6) is 0 Å². The van der Waals surface area contributed by atoms with Crippen LogP contribution in [0.2, 0.25) is 0 Å². The van der Waals surface area contributed by atoms with Gasteiger partial charge in [-0.15, -0.1) is 0 Å². The molecule has 1 atom stereocenters. The highest BCUT2D eigenvalue weighted by Gasteiger charge is 2.39. The van der Waals surface area contributed by atoms with E-state index in [-0.39, 0.29) is 23.3 Å². The predicted octanol–water partition coefficient (Wildman–Crippen LogP) is 0.786. The molecule has 6 heteroatoms. The maximum absolute atomic E-state index is 12.1. The number of rotatable bonds is 6. The molecule has 1 aliphatic carbocycles. The van der Waals surface area contributed by atoms with E-state index in [0.717, 1.165) is 19.3 Å². The third-order valence-corrected chi connectivity index (χ3v) is 3.77. The van der Waals surface area contributed by atoms with Crippen molar-refractivity contribution in [2.75, 3.05) is 20.7 Å². The van der Waals surface area contributed by atoms with Crippen LogP contribution >= 0.6 is 0 Å². The van der Waals surface area contributed by atoms with Gasteiger partial charge in [-0.1, -0.05) is 12.1 Å². The lowest BCUT2D eigenvalue weighted by atomic mass is 9.77. The highest BCUT2D eigenvalue weighted by molar-refractivity contribution is 5.83. The Balaban J connectivity index is 2.46. The Bertz CT molecular complexity index is 321. The normalized spacial score (nSPS) is 20.1. The van der Waals surface area contributed by atoms with Gasteiger partial charge in [0.15, 0.2) is 0 Å². The highest BCUT2D eigenvalue weighted by atomic mass is 16.5. The van der Waals surface area contributed by atoms with E-state index >= 15 is 0 Å². The van der Waals surface area contributed by atoms with Crippen molar-refractivity contribution in [1.82, 2.24) is 4.90 Å². The molecule has 1 rings (SSSR count). The summed E-state index contributed by atoms with van der Waals surface area (Å²) in [5.41, 5.74) is 5.23. The minimum atomic E-state index is -0.259. The minimum Gasteiger partial charge on any atom is -0.409 e. The number of carbonyl (C=O) groups excluding carboxylic acids is 1. The maximum atomic E-state index is 12.1. The summed E-state index contributed by atoms with van der Waals surface area (Å²) in [6.45, 7) is 2.25. The number of carbonyl (C=O) groups is 1. The van der Waals surface area contributed by atoms with Gasteiger partial charge in [0.25, 0.3) is 0 Å². The highest BCUT2D eigenvalue weighted by Crippen LogP contribution is 2.38. The van der Waals surface area contributed by atoms with Gasteiger partial charge in [0.05, 0.1) is 12.0 Å². The first-order chi connectivity index (χ1) is 8.44. The molecule has 0 aromatic rings. The monoisotopic (exact) mass is 257 g/mol. The van der Waals surface area contributed by atoms with Crippen molar-refractivity contribution in [1.29, 1.82) is 0 Å². The topological polar surface area (TPSA) is 88.2 Å². The van der Waals surface area contributed by atoms with Crippen LogP contribution < -0.4 is 5.73 Å². The Morgan fingerprint density at radius 1 is 1.61 bits per heavy atom. The first kappa shape index (κ1) is 14.8. The Morgan fingerprint density at radius 3 is 2.61 bits per heavy atom. The van der Waals surface area contributed by atoms with Gasteiger partial charge in [0.1, 0.15) is 5.84 Å². The summed E-state index contributed by atoms with van der Waals surface area (Å²) in [5, 5.41) is 11.5. The summed E-state index contributed by atoms with van der Waals surface area (Å²) in [6.07, 6.45) is 3.41. The van der Waals surface area contributed by atoms with Crippen molar-refractivity contribution < 1.29 is 14.7 Å². The van der Waals surface area contributed by atoms with Gasteiger partial charge in [-0.3, -0.25) is 4.79 Å². The molecule has 3 N–H and O–H groups in total. The molecule has 0 saturated heterocycles. The number of nitrogens with zero attached hydrogens (tertiary/aromatic N) is 2. The second kappa shape index (κ2) is 6.04. The molecule has 0 aliphatic heterocycles. The zero-order chi connectivity index (χ0) is 13.8. The standard InChI is InChI=1S/C12H23N3O3/c1-9(11(13)14-17)8-15(2)10(16)7-12(18-3)5-4-6-12/h9,17H,4-8H2,1-3H3,(H2,13,14). The largest absolute Gasteiger partial charge is 0.409 e. The average Bonchev–Trinajstić information content (AvgIpc) is 2.32. The fourth-order valence-corrected chi connectivity index (χ4v) is 2.14. The molecule has 1 amide bonds. The van der Waals surface area contributed by atoms with Gasteiger partial charge >= 0.3 is 0 Å². The van der Waals surface area contributed by atoms with Crippen LogP contribution in [0.4, 0.5) is 0 Å². The van der Waals surface area contributed by atoms with Crippen molar-refractivity contribution >= 4 is 11.7 Å². The van der Waals surface area contributed by atoms with E-state index in [1.165, 1.54) is 0 Å². The lowest BCUT2D eigenvalue weighted by Crippen LogP contribution is -2.45. The van der Waals surface area contributed by atoms with Crippen LogP contribution in [0.3, 0.4) is 0 Å². The summed E-state index contributed by atoms with van der Waals surface area (Å²) < 4.78 is 5.43. The maximum Gasteiger partial charge on any atom is 0.225 e. The molecular formula is C12H23N3O3. The first-order valence-corrected chi connectivity index (χ1v) is 6.20. The molecule has 0 aromatic heterocycles. The summed E-state index contributed by atoms with van der Waals surface area (Å²) >= 11 is 0. The van der Waals surface area contributed by atoms with Gasteiger partial charge in [-0.25, -0.2) is 0 Å². The molecule has 0 spiro atoms. The number of amides is 1. The van der Waals surface area contributed by atoms with E-state index < -0.39 is 0 Å². The Labute approximate surface area is 108 Å². The molecule has 0 radical (unpaired) electrons. The third kappa shape index (κ3) is 3.35. The first-order valence-electron chi connectivity index (χ1n) is 6.20. The average molecular weight is 257 g/mol. The van der Waals surface area contributed by atoms with Crippen LogP contribution in [0, 0.1) is 5.92 Å². The van der Waals surface area contributed by atoms with Crippen molar-refractivity contribution in [3.05, 3.63) is 0 Å². The summed E-state index contributed by atoms with van der Waals surface area (Å²) in [6, 6.07) is 0. The number of hydrogen-bond donors (Lipinski definition) is 2. The van der Waals surface area contributed by atoms with Gasteiger partial charge in [0.2, 0.25) is 5.91 Å². The van der Waals surface area contributed by atoms with Crippen molar-refractivity contribution in [3.8, 4) is 0 Å².